The third-order valence-corrected chi connectivity index (χ3v) is 3.37. The van der Waals surface area contributed by atoms with Gasteiger partial charge in [-0.25, -0.2) is 0 Å². The number of ether oxygens (including phenoxy) is 1. The Kier molecular flexibility index (Phi) is 5.28. The van der Waals surface area contributed by atoms with E-state index in [9.17, 15) is 9.59 Å². The Bertz CT molecular complexity index is 738. The number of carboxylic acid groups (broad SMARTS) is 1. The highest BCUT2D eigenvalue weighted by molar-refractivity contribution is 6.32. The molecule has 2 rings (SSSR count). The predicted octanol–water partition coefficient (Wildman–Crippen LogP) is 3.52. The lowest BCUT2D eigenvalue weighted by Crippen LogP contribution is -2.15. The second kappa shape index (κ2) is 7.19. The summed E-state index contributed by atoms with van der Waals surface area (Å²) in [6, 6.07) is 4.87. The molecule has 2 aromatic rings. The van der Waals surface area contributed by atoms with Crippen LogP contribution < -0.4 is 10.1 Å². The fourth-order valence-electron chi connectivity index (χ4n) is 2.12. The van der Waals surface area contributed by atoms with E-state index < -0.39 is 11.9 Å². The fourth-order valence-corrected chi connectivity index (χ4v) is 2.35. The van der Waals surface area contributed by atoms with Gasteiger partial charge in [0.15, 0.2) is 0 Å². The molecule has 1 aromatic carbocycles. The van der Waals surface area contributed by atoms with E-state index in [1.165, 1.54) is 6.26 Å². The molecule has 0 unspecified atom stereocenters. The van der Waals surface area contributed by atoms with Crippen molar-refractivity contribution in [1.82, 2.24) is 0 Å². The topological polar surface area (TPSA) is 88.8 Å². The van der Waals surface area contributed by atoms with E-state index in [0.717, 1.165) is 0 Å². The van der Waals surface area contributed by atoms with E-state index in [1.807, 2.05) is 6.92 Å². The molecule has 0 radical (unpaired) electrons. The number of carbonyl (C=O) groups excluding carboxylic acids is 1. The number of aryl methyl sites for hydroxylation is 1. The van der Waals surface area contributed by atoms with Gasteiger partial charge in [-0.15, -0.1) is 0 Å². The van der Waals surface area contributed by atoms with Gasteiger partial charge in [-0.2, -0.15) is 0 Å². The zero-order valence-corrected chi connectivity index (χ0v) is 13.4. The highest BCUT2D eigenvalue weighted by Gasteiger charge is 2.20. The van der Waals surface area contributed by atoms with E-state index in [4.69, 9.17) is 25.9 Å². The van der Waals surface area contributed by atoms with Crippen LogP contribution in [-0.2, 0) is 11.2 Å². The van der Waals surface area contributed by atoms with Gasteiger partial charge in [0.1, 0.15) is 17.9 Å². The van der Waals surface area contributed by atoms with Crippen LogP contribution in [0.4, 0.5) is 5.69 Å². The molecular weight excluding hydrogens is 322 g/mol. The SMILES string of the molecule is CCOc1ccc(NC(=O)c2c(C)coc2CC(=O)O)cc1Cl. The van der Waals surface area contributed by atoms with Crippen LogP contribution in [-0.4, -0.2) is 23.6 Å². The van der Waals surface area contributed by atoms with Crippen molar-refractivity contribution < 1.29 is 23.8 Å². The Morgan fingerprint density at radius 2 is 2.13 bits per heavy atom. The number of hydrogen-bond acceptors (Lipinski definition) is 4. The van der Waals surface area contributed by atoms with Crippen molar-refractivity contribution in [2.24, 2.45) is 0 Å². The Morgan fingerprint density at radius 3 is 2.74 bits per heavy atom. The van der Waals surface area contributed by atoms with E-state index in [-0.39, 0.29) is 17.7 Å². The number of hydrogen-bond donors (Lipinski definition) is 2. The zero-order chi connectivity index (χ0) is 17.0. The Morgan fingerprint density at radius 1 is 1.39 bits per heavy atom. The van der Waals surface area contributed by atoms with Crippen LogP contribution in [0.3, 0.4) is 0 Å². The highest BCUT2D eigenvalue weighted by atomic mass is 35.5. The first-order valence-electron chi connectivity index (χ1n) is 6.94. The molecule has 7 heteroatoms. The monoisotopic (exact) mass is 337 g/mol. The van der Waals surface area contributed by atoms with Crippen molar-refractivity contribution in [1.29, 1.82) is 0 Å². The van der Waals surface area contributed by atoms with Gasteiger partial charge in [-0.05, 0) is 32.0 Å². The molecule has 0 aliphatic heterocycles. The molecule has 1 aromatic heterocycles. The summed E-state index contributed by atoms with van der Waals surface area (Å²) < 4.78 is 10.5. The largest absolute Gasteiger partial charge is 0.492 e. The van der Waals surface area contributed by atoms with Gasteiger partial charge >= 0.3 is 5.97 Å². The second-order valence-corrected chi connectivity index (χ2v) is 5.23. The summed E-state index contributed by atoms with van der Waals surface area (Å²) in [5.74, 6) is -0.881. The smallest absolute Gasteiger partial charge is 0.311 e. The molecule has 2 N–H and O–H groups in total. The maximum absolute atomic E-state index is 12.4. The van der Waals surface area contributed by atoms with Crippen molar-refractivity contribution in [3.05, 3.63) is 46.4 Å². The minimum Gasteiger partial charge on any atom is -0.492 e. The number of aliphatic carboxylic acids is 1. The number of furan rings is 1. The van der Waals surface area contributed by atoms with Gasteiger partial charge in [-0.1, -0.05) is 11.6 Å². The minimum absolute atomic E-state index is 0.115. The van der Waals surface area contributed by atoms with Crippen LogP contribution in [0.1, 0.15) is 28.6 Å². The zero-order valence-electron chi connectivity index (χ0n) is 12.7. The predicted molar refractivity (Wildman–Crippen MR) is 85.4 cm³/mol. The number of anilines is 1. The molecule has 23 heavy (non-hydrogen) atoms. The summed E-state index contributed by atoms with van der Waals surface area (Å²) in [4.78, 5) is 23.2. The second-order valence-electron chi connectivity index (χ2n) is 4.82. The number of halogens is 1. The first kappa shape index (κ1) is 16.9. The van der Waals surface area contributed by atoms with Crippen LogP contribution >= 0.6 is 11.6 Å². The van der Waals surface area contributed by atoms with Gasteiger partial charge in [0.25, 0.3) is 5.91 Å². The van der Waals surface area contributed by atoms with Crippen LogP contribution in [0, 0.1) is 6.92 Å². The number of carboxylic acids is 1. The van der Waals surface area contributed by atoms with E-state index in [0.29, 0.717) is 28.6 Å². The number of amides is 1. The average molecular weight is 338 g/mol. The molecule has 6 nitrogen and oxygen atoms in total. The average Bonchev–Trinajstić information content (AvgIpc) is 2.82. The van der Waals surface area contributed by atoms with Crippen molar-refractivity contribution in [2.45, 2.75) is 20.3 Å². The van der Waals surface area contributed by atoms with E-state index in [1.54, 1.807) is 25.1 Å². The number of rotatable bonds is 6. The molecule has 0 atom stereocenters. The Balaban J connectivity index is 2.21. The van der Waals surface area contributed by atoms with Gasteiger partial charge < -0.3 is 19.6 Å². The van der Waals surface area contributed by atoms with E-state index in [2.05, 4.69) is 5.32 Å². The number of nitrogens with one attached hydrogen (secondary N) is 1. The first-order chi connectivity index (χ1) is 10.9. The van der Waals surface area contributed by atoms with Crippen LogP contribution in [0.25, 0.3) is 0 Å². The summed E-state index contributed by atoms with van der Waals surface area (Å²) in [5.41, 5.74) is 1.26. The quantitative estimate of drug-likeness (QED) is 0.841. The molecule has 1 heterocycles. The molecule has 122 valence electrons. The summed E-state index contributed by atoms with van der Waals surface area (Å²) in [5, 5.41) is 11.9. The molecule has 0 spiro atoms. The van der Waals surface area contributed by atoms with Crippen molar-refractivity contribution in [2.75, 3.05) is 11.9 Å². The van der Waals surface area contributed by atoms with Gasteiger partial charge in [0.05, 0.1) is 23.5 Å². The summed E-state index contributed by atoms with van der Waals surface area (Å²) >= 11 is 6.08. The van der Waals surface area contributed by atoms with Crippen LogP contribution in [0.15, 0.2) is 28.9 Å². The Labute approximate surface area is 138 Å². The Hall–Kier alpha value is -2.47. The van der Waals surface area contributed by atoms with Crippen molar-refractivity contribution in [3.8, 4) is 5.75 Å². The molecular formula is C16H16ClNO5. The molecule has 0 saturated heterocycles. The minimum atomic E-state index is -1.07. The van der Waals surface area contributed by atoms with Crippen LogP contribution in [0.5, 0.6) is 5.75 Å². The van der Waals surface area contributed by atoms with Gasteiger partial charge in [0.2, 0.25) is 0 Å². The van der Waals surface area contributed by atoms with Crippen molar-refractivity contribution >= 4 is 29.2 Å². The summed E-state index contributed by atoms with van der Waals surface area (Å²) in [6.45, 7) is 4.00. The molecule has 0 bridgehead atoms. The number of carbonyl (C=O) groups is 2. The first-order valence-corrected chi connectivity index (χ1v) is 7.32. The normalized spacial score (nSPS) is 10.4. The third-order valence-electron chi connectivity index (χ3n) is 3.08. The van der Waals surface area contributed by atoms with Crippen LogP contribution in [0.2, 0.25) is 5.02 Å². The summed E-state index contributed by atoms with van der Waals surface area (Å²) in [6.07, 6.45) is 0.999. The lowest BCUT2D eigenvalue weighted by molar-refractivity contribution is -0.136. The lowest BCUT2D eigenvalue weighted by atomic mass is 10.1. The summed E-state index contributed by atoms with van der Waals surface area (Å²) in [7, 11) is 0. The maximum atomic E-state index is 12.4. The van der Waals surface area contributed by atoms with Gasteiger partial charge in [-0.3, -0.25) is 9.59 Å². The molecule has 0 saturated carbocycles. The standard InChI is InChI=1S/C16H16ClNO5/c1-3-22-12-5-4-10(6-11(12)17)18-16(21)15-9(2)8-23-13(15)7-14(19)20/h4-6,8H,3,7H2,1-2H3,(H,18,21)(H,19,20). The number of benzene rings is 1. The third kappa shape index (κ3) is 4.04. The van der Waals surface area contributed by atoms with E-state index >= 15 is 0 Å². The van der Waals surface area contributed by atoms with Crippen molar-refractivity contribution in [3.63, 3.8) is 0 Å². The maximum Gasteiger partial charge on any atom is 0.311 e. The molecule has 1 amide bonds. The lowest BCUT2D eigenvalue weighted by Gasteiger charge is -2.09. The molecule has 0 aliphatic carbocycles. The molecule has 0 aliphatic rings. The highest BCUT2D eigenvalue weighted by Crippen LogP contribution is 2.28. The fraction of sp³-hybridized carbons (Fsp3) is 0.250. The van der Waals surface area contributed by atoms with Gasteiger partial charge in [0, 0.05) is 11.3 Å². The molecule has 0 fully saturated rings.